The number of carboxylic acid groups (broad SMARTS) is 1. The molecule has 2 aromatic rings. The van der Waals surface area contributed by atoms with E-state index in [0.29, 0.717) is 0 Å². The highest BCUT2D eigenvalue weighted by molar-refractivity contribution is 6.04. The number of nitrogens with zero attached hydrogens (tertiary/aromatic N) is 1. The first kappa shape index (κ1) is 12.8. The van der Waals surface area contributed by atoms with E-state index in [1.54, 1.807) is 30.6 Å². The highest BCUT2D eigenvalue weighted by Crippen LogP contribution is 2.08. The largest absolute Gasteiger partial charge is 0.545 e. The van der Waals surface area contributed by atoms with Crippen LogP contribution in [0.4, 0.5) is 0 Å². The van der Waals surface area contributed by atoms with E-state index in [1.165, 1.54) is 12.1 Å². The van der Waals surface area contributed by atoms with E-state index in [9.17, 15) is 14.7 Å². The van der Waals surface area contributed by atoms with E-state index >= 15 is 0 Å². The first-order valence-corrected chi connectivity index (χ1v) is 5.66. The lowest BCUT2D eigenvalue weighted by Crippen LogP contribution is -2.29. The van der Waals surface area contributed by atoms with Crippen molar-refractivity contribution in [3.63, 3.8) is 0 Å². The second-order valence-electron chi connectivity index (χ2n) is 3.88. The van der Waals surface area contributed by atoms with Gasteiger partial charge in [-0.1, -0.05) is 24.3 Å². The summed E-state index contributed by atoms with van der Waals surface area (Å²) in [6, 6.07) is 9.51. The lowest BCUT2D eigenvalue weighted by Gasteiger charge is -2.10. The van der Waals surface area contributed by atoms with Gasteiger partial charge in [-0.05, 0) is 17.7 Å². The number of pyridine rings is 1. The monoisotopic (exact) mass is 255 g/mol. The minimum atomic E-state index is -1.37. The first-order chi connectivity index (χ1) is 9.18. The Morgan fingerprint density at radius 3 is 2.47 bits per heavy atom. The molecule has 0 saturated carbocycles. The smallest absolute Gasteiger partial charge is 0.252 e. The van der Waals surface area contributed by atoms with Crippen molar-refractivity contribution >= 4 is 11.9 Å². The summed E-state index contributed by atoms with van der Waals surface area (Å²) < 4.78 is 0. The van der Waals surface area contributed by atoms with Crippen LogP contribution in [0.1, 0.15) is 26.3 Å². The molecule has 2 rings (SSSR count). The van der Waals surface area contributed by atoms with Crippen molar-refractivity contribution < 1.29 is 14.7 Å². The van der Waals surface area contributed by atoms with Crippen LogP contribution in [-0.2, 0) is 6.54 Å². The van der Waals surface area contributed by atoms with Crippen LogP contribution in [0.5, 0.6) is 0 Å². The Bertz CT molecular complexity index is 597. The van der Waals surface area contributed by atoms with Crippen molar-refractivity contribution in [3.8, 4) is 0 Å². The molecule has 5 heteroatoms. The summed E-state index contributed by atoms with van der Waals surface area (Å²) in [4.78, 5) is 26.7. The quantitative estimate of drug-likeness (QED) is 0.856. The van der Waals surface area contributed by atoms with E-state index in [4.69, 9.17) is 0 Å². The van der Waals surface area contributed by atoms with Crippen molar-refractivity contribution in [2.75, 3.05) is 0 Å². The van der Waals surface area contributed by atoms with Gasteiger partial charge in [0, 0.05) is 30.1 Å². The third kappa shape index (κ3) is 3.16. The summed E-state index contributed by atoms with van der Waals surface area (Å²) in [5, 5.41) is 13.5. The minimum Gasteiger partial charge on any atom is -0.545 e. The number of carboxylic acids is 1. The number of aromatic nitrogens is 1. The molecule has 5 nitrogen and oxygen atoms in total. The first-order valence-electron chi connectivity index (χ1n) is 5.66. The summed E-state index contributed by atoms with van der Waals surface area (Å²) >= 11 is 0. The van der Waals surface area contributed by atoms with Crippen molar-refractivity contribution in [3.05, 3.63) is 65.5 Å². The SMILES string of the molecule is O=C([O-])c1ccccc1C(=O)NCc1cccnc1. The Morgan fingerprint density at radius 2 is 1.84 bits per heavy atom. The molecule has 0 radical (unpaired) electrons. The molecule has 0 fully saturated rings. The third-order valence-corrected chi connectivity index (χ3v) is 2.57. The van der Waals surface area contributed by atoms with Crippen molar-refractivity contribution in [1.82, 2.24) is 10.3 Å². The van der Waals surface area contributed by atoms with Crippen LogP contribution in [0.2, 0.25) is 0 Å². The van der Waals surface area contributed by atoms with Gasteiger partial charge in [0.05, 0.1) is 5.97 Å². The summed E-state index contributed by atoms with van der Waals surface area (Å²) in [5.41, 5.74) is 0.805. The number of carbonyl (C=O) groups is 2. The van der Waals surface area contributed by atoms with Gasteiger partial charge in [0.15, 0.2) is 0 Å². The zero-order valence-corrected chi connectivity index (χ0v) is 10.00. The van der Waals surface area contributed by atoms with E-state index in [1.807, 2.05) is 6.07 Å². The topological polar surface area (TPSA) is 82.1 Å². The molecule has 0 atom stereocenters. The number of aromatic carboxylic acids is 1. The van der Waals surface area contributed by atoms with Crippen LogP contribution < -0.4 is 10.4 Å². The highest BCUT2D eigenvalue weighted by Gasteiger charge is 2.10. The van der Waals surface area contributed by atoms with Crippen LogP contribution in [0, 0.1) is 0 Å². The molecule has 0 spiro atoms. The second-order valence-corrected chi connectivity index (χ2v) is 3.88. The van der Waals surface area contributed by atoms with Crippen LogP contribution in [-0.4, -0.2) is 16.9 Å². The van der Waals surface area contributed by atoms with Crippen LogP contribution in [0.25, 0.3) is 0 Å². The molecule has 1 N–H and O–H groups in total. The summed E-state index contributed by atoms with van der Waals surface area (Å²) in [6.45, 7) is 0.286. The molecular formula is C14H11N2O3-. The average Bonchev–Trinajstić information content (AvgIpc) is 2.46. The van der Waals surface area contributed by atoms with Gasteiger partial charge in [-0.3, -0.25) is 9.78 Å². The van der Waals surface area contributed by atoms with Gasteiger partial charge in [0.2, 0.25) is 0 Å². The molecule has 1 aromatic carbocycles. The predicted molar refractivity (Wildman–Crippen MR) is 66.2 cm³/mol. The van der Waals surface area contributed by atoms with Gasteiger partial charge in [0.25, 0.3) is 5.91 Å². The Labute approximate surface area is 109 Å². The number of hydrogen-bond acceptors (Lipinski definition) is 4. The summed E-state index contributed by atoms with van der Waals surface area (Å²) in [5.74, 6) is -1.82. The zero-order chi connectivity index (χ0) is 13.7. The molecule has 0 unspecified atom stereocenters. The molecule has 0 aliphatic rings. The molecule has 0 aliphatic heterocycles. The molecule has 1 heterocycles. The molecule has 19 heavy (non-hydrogen) atoms. The van der Waals surface area contributed by atoms with E-state index in [0.717, 1.165) is 5.56 Å². The molecule has 1 amide bonds. The van der Waals surface area contributed by atoms with Crippen LogP contribution in [0.3, 0.4) is 0 Å². The molecular weight excluding hydrogens is 244 g/mol. The predicted octanol–water partition coefficient (Wildman–Crippen LogP) is 0.375. The molecule has 0 aliphatic carbocycles. The number of nitrogens with one attached hydrogen (secondary N) is 1. The molecule has 0 saturated heterocycles. The lowest BCUT2D eigenvalue weighted by molar-refractivity contribution is -0.255. The van der Waals surface area contributed by atoms with Gasteiger partial charge in [0.1, 0.15) is 0 Å². The number of hydrogen-bond donors (Lipinski definition) is 1. The van der Waals surface area contributed by atoms with Gasteiger partial charge >= 0.3 is 0 Å². The van der Waals surface area contributed by atoms with Crippen LogP contribution in [0.15, 0.2) is 48.8 Å². The second kappa shape index (κ2) is 5.77. The zero-order valence-electron chi connectivity index (χ0n) is 10.00. The number of carbonyl (C=O) groups excluding carboxylic acids is 2. The summed E-state index contributed by atoms with van der Waals surface area (Å²) in [6.07, 6.45) is 3.27. The van der Waals surface area contributed by atoms with Crippen molar-refractivity contribution in [2.24, 2.45) is 0 Å². The maximum absolute atomic E-state index is 11.9. The van der Waals surface area contributed by atoms with Crippen molar-refractivity contribution in [1.29, 1.82) is 0 Å². The Kier molecular flexibility index (Phi) is 3.87. The number of amides is 1. The third-order valence-electron chi connectivity index (χ3n) is 2.57. The average molecular weight is 255 g/mol. The fraction of sp³-hybridized carbons (Fsp3) is 0.0714. The summed E-state index contributed by atoms with van der Waals surface area (Å²) in [7, 11) is 0. The fourth-order valence-electron chi connectivity index (χ4n) is 1.64. The Morgan fingerprint density at radius 1 is 1.11 bits per heavy atom. The fourth-order valence-corrected chi connectivity index (χ4v) is 1.64. The Balaban J connectivity index is 2.10. The van der Waals surface area contributed by atoms with Gasteiger partial charge in [-0.15, -0.1) is 0 Å². The van der Waals surface area contributed by atoms with Crippen molar-refractivity contribution in [2.45, 2.75) is 6.54 Å². The van der Waals surface area contributed by atoms with Gasteiger partial charge in [-0.25, -0.2) is 0 Å². The maximum atomic E-state index is 11.9. The normalized spacial score (nSPS) is 9.89. The maximum Gasteiger partial charge on any atom is 0.252 e. The van der Waals surface area contributed by atoms with E-state index < -0.39 is 11.9 Å². The Hall–Kier alpha value is -2.69. The van der Waals surface area contributed by atoms with Gasteiger partial charge < -0.3 is 15.2 Å². The minimum absolute atomic E-state index is 0.0893. The highest BCUT2D eigenvalue weighted by atomic mass is 16.4. The van der Waals surface area contributed by atoms with Crippen LogP contribution >= 0.6 is 0 Å². The molecule has 96 valence electrons. The number of benzene rings is 1. The van der Waals surface area contributed by atoms with E-state index in [2.05, 4.69) is 10.3 Å². The lowest BCUT2D eigenvalue weighted by atomic mass is 10.1. The standard InChI is InChI=1S/C14H12N2O3/c17-13(16-9-10-4-3-7-15-8-10)11-5-1-2-6-12(11)14(18)19/h1-8H,9H2,(H,16,17)(H,18,19)/p-1. The number of rotatable bonds is 4. The van der Waals surface area contributed by atoms with E-state index in [-0.39, 0.29) is 17.7 Å². The molecule has 1 aromatic heterocycles. The molecule has 0 bridgehead atoms. The van der Waals surface area contributed by atoms with Gasteiger partial charge in [-0.2, -0.15) is 0 Å².